The highest BCUT2D eigenvalue weighted by molar-refractivity contribution is 7.17. The summed E-state index contributed by atoms with van der Waals surface area (Å²) in [4.78, 5) is 39.6. The van der Waals surface area contributed by atoms with E-state index in [9.17, 15) is 14.4 Å². The molecule has 0 aliphatic heterocycles. The van der Waals surface area contributed by atoms with Gasteiger partial charge in [-0.2, -0.15) is 0 Å². The molecule has 3 aromatic rings. The van der Waals surface area contributed by atoms with Crippen LogP contribution in [0.4, 0.5) is 0 Å². The van der Waals surface area contributed by atoms with E-state index in [2.05, 4.69) is 9.72 Å². The van der Waals surface area contributed by atoms with Crippen molar-refractivity contribution in [2.24, 2.45) is 0 Å². The number of benzene rings is 1. The van der Waals surface area contributed by atoms with Gasteiger partial charge in [0.25, 0.3) is 5.56 Å². The average molecular weight is 358 g/mol. The molecule has 0 unspecified atom stereocenters. The van der Waals surface area contributed by atoms with Gasteiger partial charge in [-0.3, -0.25) is 19.1 Å². The summed E-state index contributed by atoms with van der Waals surface area (Å²) in [5.74, 6) is -0.360. The standard InChI is InChI=1S/C18H18N2O4S/c1-11-5-7-12(8-6-11)13-10-25-16-15(13)17(22)20(18(23)19-16)9-3-4-14(21)24-2/h5-8,10H,3-4,9H2,1-2H3,(H,19,23). The maximum absolute atomic E-state index is 12.9. The number of hydrogen-bond acceptors (Lipinski definition) is 5. The Morgan fingerprint density at radius 1 is 1.24 bits per heavy atom. The molecule has 3 rings (SSSR count). The molecule has 1 aromatic carbocycles. The smallest absolute Gasteiger partial charge is 0.329 e. The lowest BCUT2D eigenvalue weighted by Crippen LogP contribution is -2.35. The molecule has 0 amide bonds. The third kappa shape index (κ3) is 3.41. The van der Waals surface area contributed by atoms with E-state index >= 15 is 0 Å². The fraction of sp³-hybridized carbons (Fsp3) is 0.278. The topological polar surface area (TPSA) is 81.2 Å². The molecule has 0 bridgehead atoms. The van der Waals surface area contributed by atoms with Gasteiger partial charge in [0.15, 0.2) is 0 Å². The number of aromatic nitrogens is 2. The van der Waals surface area contributed by atoms with Crippen molar-refractivity contribution in [1.29, 1.82) is 0 Å². The zero-order valence-electron chi connectivity index (χ0n) is 14.0. The number of fused-ring (bicyclic) bond motifs is 1. The molecule has 0 atom stereocenters. The van der Waals surface area contributed by atoms with Gasteiger partial charge in [0.05, 0.1) is 12.5 Å². The van der Waals surface area contributed by atoms with E-state index < -0.39 is 5.69 Å². The van der Waals surface area contributed by atoms with Gasteiger partial charge < -0.3 is 4.74 Å². The van der Waals surface area contributed by atoms with Gasteiger partial charge in [0.2, 0.25) is 0 Å². The molecule has 130 valence electrons. The van der Waals surface area contributed by atoms with Crippen LogP contribution in [0.15, 0.2) is 39.2 Å². The Morgan fingerprint density at radius 2 is 1.96 bits per heavy atom. The molecule has 7 heteroatoms. The summed E-state index contributed by atoms with van der Waals surface area (Å²) in [5, 5.41) is 2.39. The number of ether oxygens (including phenoxy) is 1. The fourth-order valence-corrected chi connectivity index (χ4v) is 3.64. The van der Waals surface area contributed by atoms with E-state index in [1.54, 1.807) is 0 Å². The second-order valence-corrected chi connectivity index (χ2v) is 6.67. The molecule has 2 aromatic heterocycles. The van der Waals surface area contributed by atoms with Crippen molar-refractivity contribution >= 4 is 27.5 Å². The molecule has 25 heavy (non-hydrogen) atoms. The highest BCUT2D eigenvalue weighted by Gasteiger charge is 2.15. The number of thiophene rings is 1. The van der Waals surface area contributed by atoms with Crippen LogP contribution in [0.3, 0.4) is 0 Å². The second-order valence-electron chi connectivity index (χ2n) is 5.79. The lowest BCUT2D eigenvalue weighted by atomic mass is 10.1. The summed E-state index contributed by atoms with van der Waals surface area (Å²) in [6.45, 7) is 2.17. The fourth-order valence-electron chi connectivity index (χ4n) is 2.69. The van der Waals surface area contributed by atoms with E-state index in [0.717, 1.165) is 21.3 Å². The van der Waals surface area contributed by atoms with Crippen LogP contribution in [0.25, 0.3) is 21.3 Å². The van der Waals surface area contributed by atoms with E-state index in [4.69, 9.17) is 0 Å². The van der Waals surface area contributed by atoms with E-state index in [1.165, 1.54) is 18.4 Å². The maximum atomic E-state index is 12.9. The number of hydrogen-bond donors (Lipinski definition) is 1. The maximum Gasteiger partial charge on any atom is 0.329 e. The zero-order chi connectivity index (χ0) is 18.0. The molecule has 0 saturated carbocycles. The number of esters is 1. The molecule has 0 aliphatic rings. The normalized spacial score (nSPS) is 11.0. The lowest BCUT2D eigenvalue weighted by Gasteiger charge is -2.06. The Morgan fingerprint density at radius 3 is 2.64 bits per heavy atom. The number of aryl methyl sites for hydroxylation is 1. The van der Waals surface area contributed by atoms with Gasteiger partial charge in [0.1, 0.15) is 4.83 Å². The van der Waals surface area contributed by atoms with Gasteiger partial charge >= 0.3 is 11.7 Å². The predicted octanol–water partition coefficient (Wildman–Crippen LogP) is 2.68. The lowest BCUT2D eigenvalue weighted by molar-refractivity contribution is -0.140. The number of nitrogens with one attached hydrogen (secondary N) is 1. The Bertz CT molecular complexity index is 1030. The van der Waals surface area contributed by atoms with Gasteiger partial charge in [-0.15, -0.1) is 11.3 Å². The molecule has 0 spiro atoms. The van der Waals surface area contributed by atoms with Crippen LogP contribution in [-0.4, -0.2) is 22.6 Å². The van der Waals surface area contributed by atoms with Crippen LogP contribution in [0.1, 0.15) is 18.4 Å². The summed E-state index contributed by atoms with van der Waals surface area (Å²) in [6.07, 6.45) is 0.528. The summed E-state index contributed by atoms with van der Waals surface area (Å²) in [5.41, 5.74) is 2.09. The minimum atomic E-state index is -0.459. The van der Waals surface area contributed by atoms with Crippen LogP contribution < -0.4 is 11.2 Å². The van der Waals surface area contributed by atoms with Crippen LogP contribution in [-0.2, 0) is 16.1 Å². The Hall–Kier alpha value is -2.67. The second kappa shape index (κ2) is 7.06. The third-order valence-corrected chi connectivity index (χ3v) is 4.96. The minimum Gasteiger partial charge on any atom is -0.469 e. The molecule has 0 radical (unpaired) electrons. The van der Waals surface area contributed by atoms with Gasteiger partial charge in [-0.05, 0) is 18.9 Å². The summed E-state index contributed by atoms with van der Waals surface area (Å²) >= 11 is 1.34. The molecule has 0 fully saturated rings. The number of carbonyl (C=O) groups excluding carboxylic acids is 1. The Kier molecular flexibility index (Phi) is 4.85. The van der Waals surface area contributed by atoms with Gasteiger partial charge in [0, 0.05) is 23.9 Å². The first-order valence-corrected chi connectivity index (χ1v) is 8.77. The molecular weight excluding hydrogens is 340 g/mol. The monoisotopic (exact) mass is 358 g/mol. The first kappa shape index (κ1) is 17.2. The highest BCUT2D eigenvalue weighted by Crippen LogP contribution is 2.30. The first-order valence-electron chi connectivity index (χ1n) is 7.89. The molecular formula is C18H18N2O4S. The average Bonchev–Trinajstić information content (AvgIpc) is 3.02. The van der Waals surface area contributed by atoms with Crippen molar-refractivity contribution in [2.75, 3.05) is 7.11 Å². The molecule has 1 N–H and O–H groups in total. The van der Waals surface area contributed by atoms with Crippen molar-refractivity contribution < 1.29 is 9.53 Å². The molecule has 0 saturated heterocycles. The van der Waals surface area contributed by atoms with Gasteiger partial charge in [-0.1, -0.05) is 29.8 Å². The van der Waals surface area contributed by atoms with Gasteiger partial charge in [-0.25, -0.2) is 4.79 Å². The summed E-state index contributed by atoms with van der Waals surface area (Å²) in [7, 11) is 1.31. The minimum absolute atomic E-state index is 0.162. The largest absolute Gasteiger partial charge is 0.469 e. The summed E-state index contributed by atoms with van der Waals surface area (Å²) in [6, 6.07) is 7.89. The molecule has 2 heterocycles. The number of rotatable bonds is 5. The van der Waals surface area contributed by atoms with Crippen LogP contribution in [0.2, 0.25) is 0 Å². The van der Waals surface area contributed by atoms with E-state index in [-0.39, 0.29) is 24.5 Å². The SMILES string of the molecule is COC(=O)CCCn1c(=O)[nH]c2scc(-c3ccc(C)cc3)c2c1=O. The Balaban J connectivity index is 2.03. The van der Waals surface area contributed by atoms with Crippen molar-refractivity contribution in [2.45, 2.75) is 26.3 Å². The Labute approximate surface area is 147 Å². The van der Waals surface area contributed by atoms with Crippen LogP contribution >= 0.6 is 11.3 Å². The highest BCUT2D eigenvalue weighted by atomic mass is 32.1. The number of H-pyrrole nitrogens is 1. The summed E-state index contributed by atoms with van der Waals surface area (Å²) < 4.78 is 5.73. The number of aromatic amines is 1. The van der Waals surface area contributed by atoms with Crippen molar-refractivity contribution in [3.05, 3.63) is 56.0 Å². The van der Waals surface area contributed by atoms with Crippen molar-refractivity contribution in [3.8, 4) is 11.1 Å². The zero-order valence-corrected chi connectivity index (χ0v) is 14.8. The number of carbonyl (C=O) groups is 1. The van der Waals surface area contributed by atoms with Crippen LogP contribution in [0.5, 0.6) is 0 Å². The van der Waals surface area contributed by atoms with E-state index in [1.807, 2.05) is 36.6 Å². The van der Waals surface area contributed by atoms with Crippen LogP contribution in [0, 0.1) is 6.92 Å². The quantitative estimate of drug-likeness (QED) is 0.711. The molecule has 0 aliphatic carbocycles. The predicted molar refractivity (Wildman–Crippen MR) is 98.1 cm³/mol. The number of methoxy groups -OCH3 is 1. The van der Waals surface area contributed by atoms with E-state index in [0.29, 0.717) is 16.6 Å². The number of nitrogens with zero attached hydrogens (tertiary/aromatic N) is 1. The third-order valence-electron chi connectivity index (χ3n) is 4.07. The first-order chi connectivity index (χ1) is 12.0. The van der Waals surface area contributed by atoms with Crippen molar-refractivity contribution in [1.82, 2.24) is 9.55 Å². The van der Waals surface area contributed by atoms with Crippen molar-refractivity contribution in [3.63, 3.8) is 0 Å². The molecule has 6 nitrogen and oxygen atoms in total.